The number of piperidine rings is 1. The molecule has 0 aromatic heterocycles. The van der Waals surface area contributed by atoms with Gasteiger partial charge in [-0.15, -0.1) is 0 Å². The number of hydrogen-bond acceptors (Lipinski definition) is 5. The topological polar surface area (TPSA) is 16.2 Å². The van der Waals surface area contributed by atoms with E-state index in [2.05, 4.69) is 66.3 Å². The second-order valence-corrected chi connectivity index (χ2v) is 9.13. The smallest absolute Gasteiger partial charge is 0.0121 e. The molecule has 0 bridgehead atoms. The van der Waals surface area contributed by atoms with Crippen LogP contribution in [0.3, 0.4) is 0 Å². The number of rotatable bonds is 3. The maximum absolute atomic E-state index is 2.72. The molecule has 0 spiro atoms. The van der Waals surface area contributed by atoms with Crippen LogP contribution < -0.4 is 0 Å². The predicted octanol–water partition coefficient (Wildman–Crippen LogP) is 3.02. The van der Waals surface area contributed by atoms with Gasteiger partial charge < -0.3 is 14.7 Å². The largest absolute Gasteiger partial charge is 0.304 e. The van der Waals surface area contributed by atoms with E-state index in [-0.39, 0.29) is 14.9 Å². The zero-order valence-corrected chi connectivity index (χ0v) is 18.5. The Bertz CT molecular complexity index is 363. The number of likely N-dealkylation sites (N-methyl/N-ethyl adjacent to an activating group) is 2. The molecule has 3 fully saturated rings. The van der Waals surface area contributed by atoms with Crippen LogP contribution in [0.1, 0.15) is 55.4 Å². The molecule has 28 heavy (non-hydrogen) atoms. The average molecular weight is 400 g/mol. The minimum absolute atomic E-state index is 0. The predicted molar refractivity (Wildman–Crippen MR) is 126 cm³/mol. The summed E-state index contributed by atoms with van der Waals surface area (Å²) in [6, 6.07) is 2.32. The maximum atomic E-state index is 2.72. The molecule has 0 amide bonds. The van der Waals surface area contributed by atoms with Gasteiger partial charge >= 0.3 is 0 Å². The first kappa shape index (κ1) is 27.8. The molecule has 0 saturated carbocycles. The van der Waals surface area contributed by atoms with Crippen LogP contribution in [0.5, 0.6) is 0 Å². The fourth-order valence-electron chi connectivity index (χ4n) is 4.29. The van der Waals surface area contributed by atoms with Crippen molar-refractivity contribution < 1.29 is 0 Å². The lowest BCUT2D eigenvalue weighted by Crippen LogP contribution is -2.53. The van der Waals surface area contributed by atoms with Crippen molar-refractivity contribution in [1.82, 2.24) is 24.5 Å². The minimum atomic E-state index is 0. The van der Waals surface area contributed by atoms with E-state index in [1.165, 1.54) is 78.3 Å². The van der Waals surface area contributed by atoms with Gasteiger partial charge in [0.15, 0.2) is 0 Å². The third-order valence-electron chi connectivity index (χ3n) is 6.55. The standard InChI is InChI=1S/C13H27N3.C8H18N2.2CH4/c1-12(2)15-6-4-13(5-7-15)16-10-8-14(3)9-11-16;1-8(2)10-6-4-9(3)5-7-10;;/h12-13H,4-11H2,1-3H3;8H,4-7H2,1-3H3;2*1H4. The van der Waals surface area contributed by atoms with Gasteiger partial charge in [-0.3, -0.25) is 9.80 Å². The minimum Gasteiger partial charge on any atom is -0.304 e. The molecule has 0 aromatic rings. The summed E-state index contributed by atoms with van der Waals surface area (Å²) >= 11 is 0. The molecule has 5 heteroatoms. The number of nitrogens with zero attached hydrogens (tertiary/aromatic N) is 5. The van der Waals surface area contributed by atoms with E-state index in [9.17, 15) is 0 Å². The zero-order valence-electron chi connectivity index (χ0n) is 18.5. The van der Waals surface area contributed by atoms with Gasteiger partial charge in [-0.2, -0.15) is 0 Å². The molecule has 3 aliphatic rings. The Morgan fingerprint density at radius 3 is 1.29 bits per heavy atom. The molecule has 0 N–H and O–H groups in total. The van der Waals surface area contributed by atoms with Gasteiger partial charge in [0.1, 0.15) is 0 Å². The summed E-state index contributed by atoms with van der Waals surface area (Å²) in [6.45, 7) is 21.8. The van der Waals surface area contributed by atoms with Crippen LogP contribution in [0.15, 0.2) is 0 Å². The van der Waals surface area contributed by atoms with Crippen LogP contribution in [-0.4, -0.2) is 122 Å². The first-order chi connectivity index (χ1) is 12.4. The van der Waals surface area contributed by atoms with Crippen molar-refractivity contribution in [3.05, 3.63) is 0 Å². The van der Waals surface area contributed by atoms with E-state index < -0.39 is 0 Å². The van der Waals surface area contributed by atoms with Gasteiger partial charge in [0, 0.05) is 70.5 Å². The lowest BCUT2D eigenvalue weighted by atomic mass is 10.0. The fourth-order valence-corrected chi connectivity index (χ4v) is 4.29. The van der Waals surface area contributed by atoms with Crippen molar-refractivity contribution in [2.45, 2.75) is 73.5 Å². The van der Waals surface area contributed by atoms with Crippen molar-refractivity contribution >= 4 is 0 Å². The normalized spacial score (nSPS) is 24.4. The Balaban J connectivity index is 0.000000532. The second kappa shape index (κ2) is 13.9. The molecular weight excluding hydrogens is 346 g/mol. The van der Waals surface area contributed by atoms with E-state index in [0.717, 1.165) is 18.1 Å². The highest BCUT2D eigenvalue weighted by molar-refractivity contribution is 4.83. The lowest BCUT2D eigenvalue weighted by molar-refractivity contribution is 0.0592. The van der Waals surface area contributed by atoms with Gasteiger partial charge in [-0.05, 0) is 67.7 Å². The van der Waals surface area contributed by atoms with Crippen molar-refractivity contribution in [3.8, 4) is 0 Å². The number of likely N-dealkylation sites (tertiary alicyclic amines) is 1. The van der Waals surface area contributed by atoms with Crippen molar-refractivity contribution in [2.24, 2.45) is 0 Å². The molecular formula is C23H53N5. The molecule has 3 heterocycles. The van der Waals surface area contributed by atoms with Gasteiger partial charge in [0.05, 0.1) is 0 Å². The van der Waals surface area contributed by atoms with E-state index >= 15 is 0 Å². The molecule has 0 atom stereocenters. The highest BCUT2D eigenvalue weighted by atomic mass is 15.3. The van der Waals surface area contributed by atoms with Gasteiger partial charge in [0.25, 0.3) is 0 Å². The Hall–Kier alpha value is -0.200. The van der Waals surface area contributed by atoms with Crippen LogP contribution in [0.2, 0.25) is 0 Å². The Labute approximate surface area is 178 Å². The number of piperazine rings is 2. The third-order valence-corrected chi connectivity index (χ3v) is 6.55. The van der Waals surface area contributed by atoms with E-state index in [4.69, 9.17) is 0 Å². The first-order valence-electron chi connectivity index (χ1n) is 11.0. The maximum Gasteiger partial charge on any atom is 0.0121 e. The summed E-state index contributed by atoms with van der Waals surface area (Å²) in [5.74, 6) is 0. The fraction of sp³-hybridized carbons (Fsp3) is 1.00. The lowest BCUT2D eigenvalue weighted by Gasteiger charge is -2.43. The van der Waals surface area contributed by atoms with Crippen LogP contribution in [0.25, 0.3) is 0 Å². The average Bonchev–Trinajstić information content (AvgIpc) is 2.63. The molecule has 3 saturated heterocycles. The van der Waals surface area contributed by atoms with Gasteiger partial charge in [-0.25, -0.2) is 0 Å². The third kappa shape index (κ3) is 9.08. The van der Waals surface area contributed by atoms with Crippen LogP contribution in [0.4, 0.5) is 0 Å². The second-order valence-electron chi connectivity index (χ2n) is 9.13. The monoisotopic (exact) mass is 399 g/mol. The molecule has 0 radical (unpaired) electrons. The van der Waals surface area contributed by atoms with Crippen molar-refractivity contribution in [3.63, 3.8) is 0 Å². The van der Waals surface area contributed by atoms with Crippen molar-refractivity contribution in [2.75, 3.05) is 79.5 Å². The van der Waals surface area contributed by atoms with Crippen molar-refractivity contribution in [1.29, 1.82) is 0 Å². The van der Waals surface area contributed by atoms with Crippen LogP contribution >= 0.6 is 0 Å². The molecule has 170 valence electrons. The summed E-state index contributed by atoms with van der Waals surface area (Å²) in [6.07, 6.45) is 2.75. The summed E-state index contributed by atoms with van der Waals surface area (Å²) in [7, 11) is 4.43. The van der Waals surface area contributed by atoms with E-state index in [0.29, 0.717) is 0 Å². The SMILES string of the molecule is C.C.CC(C)N1CCC(N2CCN(C)CC2)CC1.CC(C)N1CCN(C)CC1. The Morgan fingerprint density at radius 1 is 0.536 bits per heavy atom. The number of hydrogen-bond donors (Lipinski definition) is 0. The molecule has 0 aliphatic carbocycles. The molecule has 0 aromatic carbocycles. The highest BCUT2D eigenvalue weighted by Crippen LogP contribution is 2.19. The van der Waals surface area contributed by atoms with Crippen LogP contribution in [-0.2, 0) is 0 Å². The van der Waals surface area contributed by atoms with Crippen LogP contribution in [0, 0.1) is 0 Å². The highest BCUT2D eigenvalue weighted by Gasteiger charge is 2.27. The molecule has 5 nitrogen and oxygen atoms in total. The summed E-state index contributed by atoms with van der Waals surface area (Å²) in [5, 5.41) is 0. The molecule has 3 rings (SSSR count). The van der Waals surface area contributed by atoms with Gasteiger partial charge in [0.2, 0.25) is 0 Å². The first-order valence-corrected chi connectivity index (χ1v) is 11.0. The molecule has 0 unspecified atom stereocenters. The summed E-state index contributed by atoms with van der Waals surface area (Å²) in [5.41, 5.74) is 0. The quantitative estimate of drug-likeness (QED) is 0.723. The zero-order chi connectivity index (χ0) is 19.1. The van der Waals surface area contributed by atoms with E-state index in [1.807, 2.05) is 0 Å². The summed E-state index contributed by atoms with van der Waals surface area (Å²) < 4.78 is 0. The Kier molecular flexibility index (Phi) is 13.8. The Morgan fingerprint density at radius 2 is 0.893 bits per heavy atom. The molecule has 3 aliphatic heterocycles. The summed E-state index contributed by atoms with van der Waals surface area (Å²) in [4.78, 5) is 12.7. The van der Waals surface area contributed by atoms with E-state index in [1.54, 1.807) is 0 Å². The van der Waals surface area contributed by atoms with Gasteiger partial charge in [-0.1, -0.05) is 14.9 Å².